The molecular formula is C12H9N2. The van der Waals surface area contributed by atoms with Crippen LogP contribution in [0.15, 0.2) is 46.0 Å². The number of hydrogen-bond donors (Lipinski definition) is 0. The van der Waals surface area contributed by atoms with Gasteiger partial charge in [-0.3, -0.25) is 0 Å². The van der Waals surface area contributed by atoms with Gasteiger partial charge in [0.2, 0.25) is 0 Å². The first-order valence-corrected chi connectivity index (χ1v) is 4.62. The average Bonchev–Trinajstić information content (AvgIpc) is 2.56. The van der Waals surface area contributed by atoms with E-state index in [9.17, 15) is 0 Å². The molecule has 2 nitrogen and oxygen atoms in total. The SMILES string of the molecule is CC1=CN=C2N=c3ccccc3=C2[CH]1. The van der Waals surface area contributed by atoms with Gasteiger partial charge in [0, 0.05) is 23.4 Å². The molecule has 67 valence electrons. The molecule has 0 bridgehead atoms. The fraction of sp³-hybridized carbons (Fsp3) is 0.0833. The van der Waals surface area contributed by atoms with E-state index in [0.717, 1.165) is 16.8 Å². The Kier molecular flexibility index (Phi) is 1.45. The standard InChI is InChI=1S/C12H9N2/c1-8-6-10-9-4-2-3-5-11(9)14-12(10)13-7-8/h2-7H,1H3. The van der Waals surface area contributed by atoms with Crippen molar-refractivity contribution >= 4 is 11.4 Å². The smallest absolute Gasteiger partial charge is 0.156 e. The van der Waals surface area contributed by atoms with Gasteiger partial charge in [-0.2, -0.15) is 0 Å². The molecule has 0 saturated heterocycles. The number of benzene rings is 1. The van der Waals surface area contributed by atoms with Gasteiger partial charge in [0.05, 0.1) is 5.36 Å². The largest absolute Gasteiger partial charge is 0.237 e. The molecule has 0 spiro atoms. The van der Waals surface area contributed by atoms with Crippen LogP contribution in [-0.4, -0.2) is 5.84 Å². The number of nitrogens with zero attached hydrogens (tertiary/aromatic N) is 2. The van der Waals surface area contributed by atoms with Crippen LogP contribution < -0.4 is 10.6 Å². The molecule has 0 N–H and O–H groups in total. The van der Waals surface area contributed by atoms with Crippen LogP contribution in [-0.2, 0) is 0 Å². The number of amidine groups is 1. The highest BCUT2D eigenvalue weighted by Gasteiger charge is 2.16. The van der Waals surface area contributed by atoms with Crippen LogP contribution in [0.1, 0.15) is 6.92 Å². The van der Waals surface area contributed by atoms with Crippen molar-refractivity contribution in [3.63, 3.8) is 0 Å². The molecule has 1 aromatic rings. The van der Waals surface area contributed by atoms with Gasteiger partial charge < -0.3 is 0 Å². The maximum atomic E-state index is 4.45. The lowest BCUT2D eigenvalue weighted by Gasteiger charge is -2.07. The zero-order valence-electron chi connectivity index (χ0n) is 7.86. The van der Waals surface area contributed by atoms with E-state index < -0.39 is 0 Å². The molecule has 0 atom stereocenters. The zero-order valence-corrected chi connectivity index (χ0v) is 7.86. The lowest BCUT2D eigenvalue weighted by atomic mass is 10.0. The van der Waals surface area contributed by atoms with Gasteiger partial charge in [0.15, 0.2) is 5.84 Å². The molecule has 0 amide bonds. The van der Waals surface area contributed by atoms with Gasteiger partial charge in [0.1, 0.15) is 0 Å². The summed E-state index contributed by atoms with van der Waals surface area (Å²) in [5, 5.41) is 2.22. The van der Waals surface area contributed by atoms with Crippen molar-refractivity contribution in [2.45, 2.75) is 6.92 Å². The van der Waals surface area contributed by atoms with E-state index in [1.165, 1.54) is 10.8 Å². The average molecular weight is 181 g/mol. The first-order chi connectivity index (χ1) is 6.84. The highest BCUT2D eigenvalue weighted by molar-refractivity contribution is 6.23. The highest BCUT2D eigenvalue weighted by Crippen LogP contribution is 2.18. The summed E-state index contributed by atoms with van der Waals surface area (Å²) in [5.41, 5.74) is 2.33. The van der Waals surface area contributed by atoms with Gasteiger partial charge >= 0.3 is 0 Å². The van der Waals surface area contributed by atoms with Crippen LogP contribution in [0, 0.1) is 6.42 Å². The fourth-order valence-corrected chi connectivity index (χ4v) is 1.76. The van der Waals surface area contributed by atoms with Crippen molar-refractivity contribution in [1.29, 1.82) is 0 Å². The van der Waals surface area contributed by atoms with Crippen molar-refractivity contribution in [1.82, 2.24) is 0 Å². The van der Waals surface area contributed by atoms with Crippen LogP contribution >= 0.6 is 0 Å². The summed E-state index contributed by atoms with van der Waals surface area (Å²) < 4.78 is 0. The van der Waals surface area contributed by atoms with Gasteiger partial charge in [-0.25, -0.2) is 9.98 Å². The van der Waals surface area contributed by atoms with E-state index >= 15 is 0 Å². The molecule has 2 heteroatoms. The number of aliphatic imine (C=N–C) groups is 1. The van der Waals surface area contributed by atoms with Crippen LogP contribution in [0.25, 0.3) is 5.57 Å². The quantitative estimate of drug-likeness (QED) is 0.570. The second kappa shape index (κ2) is 2.64. The molecule has 1 aromatic carbocycles. The normalized spacial score (nSPS) is 17.9. The Balaban J connectivity index is 2.38. The molecule has 3 rings (SSSR count). The van der Waals surface area contributed by atoms with Crippen molar-refractivity contribution in [2.75, 3.05) is 0 Å². The Bertz CT molecular complexity index is 577. The molecule has 14 heavy (non-hydrogen) atoms. The second-order valence-corrected chi connectivity index (χ2v) is 3.51. The third-order valence-electron chi connectivity index (χ3n) is 2.42. The summed E-state index contributed by atoms with van der Waals surface area (Å²) in [7, 11) is 0. The molecule has 0 saturated carbocycles. The van der Waals surface area contributed by atoms with Crippen molar-refractivity contribution in [2.24, 2.45) is 9.98 Å². The highest BCUT2D eigenvalue weighted by atomic mass is 14.9. The molecule has 0 unspecified atom stereocenters. The minimum atomic E-state index is 0.844. The maximum Gasteiger partial charge on any atom is 0.156 e. The maximum absolute atomic E-state index is 4.45. The first-order valence-electron chi connectivity index (χ1n) is 4.62. The summed E-state index contributed by atoms with van der Waals surface area (Å²) in [4.78, 5) is 8.75. The van der Waals surface area contributed by atoms with Crippen molar-refractivity contribution in [3.05, 3.63) is 53.0 Å². The monoisotopic (exact) mass is 181 g/mol. The van der Waals surface area contributed by atoms with Gasteiger partial charge in [0.25, 0.3) is 0 Å². The summed E-state index contributed by atoms with van der Waals surface area (Å²) in [6.07, 6.45) is 3.99. The Hall–Kier alpha value is -1.70. The topological polar surface area (TPSA) is 24.7 Å². The molecule has 0 aromatic heterocycles. The Morgan fingerprint density at radius 1 is 1.14 bits per heavy atom. The van der Waals surface area contributed by atoms with E-state index in [2.05, 4.69) is 22.5 Å². The Morgan fingerprint density at radius 3 is 2.93 bits per heavy atom. The van der Waals surface area contributed by atoms with E-state index in [4.69, 9.17) is 0 Å². The Labute approximate surface area is 82.0 Å². The van der Waals surface area contributed by atoms with E-state index in [0.29, 0.717) is 0 Å². The third-order valence-corrected chi connectivity index (χ3v) is 2.42. The summed E-state index contributed by atoms with van der Waals surface area (Å²) in [6.45, 7) is 2.05. The van der Waals surface area contributed by atoms with E-state index in [-0.39, 0.29) is 0 Å². The predicted molar refractivity (Wildman–Crippen MR) is 56.1 cm³/mol. The minimum absolute atomic E-state index is 0.844. The van der Waals surface area contributed by atoms with E-state index in [1.807, 2.05) is 31.3 Å². The molecule has 0 fully saturated rings. The van der Waals surface area contributed by atoms with Gasteiger partial charge in [-0.15, -0.1) is 0 Å². The number of hydrogen-bond acceptors (Lipinski definition) is 2. The lowest BCUT2D eigenvalue weighted by Crippen LogP contribution is -2.22. The fourth-order valence-electron chi connectivity index (χ4n) is 1.76. The van der Waals surface area contributed by atoms with Gasteiger partial charge in [-0.1, -0.05) is 18.2 Å². The number of fused-ring (bicyclic) bond motifs is 2. The van der Waals surface area contributed by atoms with E-state index in [1.54, 1.807) is 0 Å². The summed E-state index contributed by atoms with van der Waals surface area (Å²) >= 11 is 0. The van der Waals surface area contributed by atoms with Crippen LogP contribution in [0.2, 0.25) is 0 Å². The number of rotatable bonds is 0. The molecular weight excluding hydrogens is 172 g/mol. The minimum Gasteiger partial charge on any atom is -0.237 e. The lowest BCUT2D eigenvalue weighted by molar-refractivity contribution is 1.33. The van der Waals surface area contributed by atoms with Crippen LogP contribution in [0.3, 0.4) is 0 Å². The molecule has 1 radical (unpaired) electrons. The van der Waals surface area contributed by atoms with Crippen molar-refractivity contribution < 1.29 is 0 Å². The molecule has 0 aliphatic carbocycles. The van der Waals surface area contributed by atoms with Crippen molar-refractivity contribution in [3.8, 4) is 0 Å². The molecule has 2 heterocycles. The Morgan fingerprint density at radius 2 is 2.00 bits per heavy atom. The number of allylic oxidation sites excluding steroid dienone is 1. The van der Waals surface area contributed by atoms with Crippen LogP contribution in [0.5, 0.6) is 0 Å². The first kappa shape index (κ1) is 7.68. The second-order valence-electron chi connectivity index (χ2n) is 3.51. The molecule has 2 aliphatic rings. The summed E-state index contributed by atoms with van der Waals surface area (Å²) in [6, 6.07) is 8.14. The van der Waals surface area contributed by atoms with Crippen LogP contribution in [0.4, 0.5) is 0 Å². The zero-order chi connectivity index (χ0) is 9.54. The molecule has 2 aliphatic heterocycles. The summed E-state index contributed by atoms with van der Waals surface area (Å²) in [5.74, 6) is 0.844. The number of para-hydroxylation sites is 1. The van der Waals surface area contributed by atoms with Gasteiger partial charge in [-0.05, 0) is 18.6 Å². The predicted octanol–water partition coefficient (Wildman–Crippen LogP) is 0.991. The third kappa shape index (κ3) is 0.970.